The minimum Gasteiger partial charge on any atom is -0.390 e. The van der Waals surface area contributed by atoms with Crippen LogP contribution in [0.1, 0.15) is 6.92 Å². The molecule has 7 heteroatoms. The standard InChI is InChI=1S/C6H17N2O3PS/c1-5(7-12)6(9)4-8(2)13(3,10)11/h5-7,9H,4,12H2,1-3H3/t5?,6-/m1/s1. The van der Waals surface area contributed by atoms with Crippen LogP contribution in [0.3, 0.4) is 0 Å². The van der Waals surface area contributed by atoms with Gasteiger partial charge < -0.3 is 5.11 Å². The van der Waals surface area contributed by atoms with E-state index in [1.807, 2.05) is 0 Å². The van der Waals surface area contributed by atoms with Crippen LogP contribution < -0.4 is 5.09 Å². The largest absolute Gasteiger partial charge is 0.390 e. The first-order valence-corrected chi connectivity index (χ1v) is 6.27. The van der Waals surface area contributed by atoms with Gasteiger partial charge in [0.15, 0.2) is 0 Å². The predicted molar refractivity (Wildman–Crippen MR) is 55.8 cm³/mol. The lowest BCUT2D eigenvalue weighted by molar-refractivity contribution is 0.126. The van der Waals surface area contributed by atoms with E-state index in [-0.39, 0.29) is 12.6 Å². The molecule has 0 aliphatic heterocycles. The third kappa shape index (κ3) is 4.88. The Morgan fingerprint density at radius 1 is 1.62 bits per heavy atom. The van der Waals surface area contributed by atoms with Crippen molar-refractivity contribution in [3.63, 3.8) is 0 Å². The van der Waals surface area contributed by atoms with Crippen LogP contribution in [-0.2, 0) is 10.0 Å². The summed E-state index contributed by atoms with van der Waals surface area (Å²) < 4.78 is 23.1. The molecule has 0 aromatic carbocycles. The van der Waals surface area contributed by atoms with Gasteiger partial charge in [0.2, 0.25) is 10.0 Å². The maximum absolute atomic E-state index is 11.0. The van der Waals surface area contributed by atoms with Crippen molar-refractivity contribution in [1.29, 1.82) is 0 Å². The molecular formula is C6H17N2O3PS. The summed E-state index contributed by atoms with van der Waals surface area (Å²) >= 11 is 0. The summed E-state index contributed by atoms with van der Waals surface area (Å²) in [5, 5.41) is 12.2. The van der Waals surface area contributed by atoms with Gasteiger partial charge in [0, 0.05) is 19.6 Å². The van der Waals surface area contributed by atoms with E-state index >= 15 is 0 Å². The van der Waals surface area contributed by atoms with E-state index in [4.69, 9.17) is 0 Å². The number of aliphatic hydroxyl groups is 1. The fourth-order valence-electron chi connectivity index (χ4n) is 0.668. The Bertz CT molecular complexity index is 244. The summed E-state index contributed by atoms with van der Waals surface area (Å²) in [6, 6.07) is -0.158. The van der Waals surface area contributed by atoms with Crippen molar-refractivity contribution >= 4 is 19.4 Å². The van der Waals surface area contributed by atoms with Crippen LogP contribution in [0.2, 0.25) is 0 Å². The van der Waals surface area contributed by atoms with Crippen molar-refractivity contribution in [2.24, 2.45) is 0 Å². The second-order valence-corrected chi connectivity index (χ2v) is 5.49. The Morgan fingerprint density at radius 2 is 2.08 bits per heavy atom. The summed E-state index contributed by atoms with van der Waals surface area (Å²) in [6.45, 7) is 1.87. The second-order valence-electron chi connectivity index (χ2n) is 3.07. The summed E-state index contributed by atoms with van der Waals surface area (Å²) in [7, 11) is 0.515. The first-order valence-electron chi connectivity index (χ1n) is 3.84. The fraction of sp³-hybridized carbons (Fsp3) is 1.00. The Morgan fingerprint density at radius 3 is 2.38 bits per heavy atom. The van der Waals surface area contributed by atoms with Crippen molar-refractivity contribution in [1.82, 2.24) is 9.39 Å². The fourth-order valence-corrected chi connectivity index (χ4v) is 1.31. The molecule has 0 fully saturated rings. The van der Waals surface area contributed by atoms with Gasteiger partial charge in [0.05, 0.1) is 12.4 Å². The molecule has 0 aromatic rings. The van der Waals surface area contributed by atoms with E-state index in [0.717, 1.165) is 10.6 Å². The van der Waals surface area contributed by atoms with Crippen molar-refractivity contribution in [2.45, 2.75) is 19.1 Å². The Hall–Kier alpha value is 0.260. The van der Waals surface area contributed by atoms with Crippen LogP contribution in [-0.4, -0.2) is 49.8 Å². The molecule has 2 N–H and O–H groups in total. The third-order valence-electron chi connectivity index (χ3n) is 1.85. The maximum atomic E-state index is 11.0. The van der Waals surface area contributed by atoms with E-state index in [0.29, 0.717) is 0 Å². The number of likely N-dealkylation sites (N-methyl/N-ethyl adjacent to an activating group) is 1. The van der Waals surface area contributed by atoms with Crippen LogP contribution in [0.5, 0.6) is 0 Å². The minimum atomic E-state index is -3.20. The number of hydrogen-bond donors (Lipinski definition) is 2. The van der Waals surface area contributed by atoms with Crippen molar-refractivity contribution in [2.75, 3.05) is 19.8 Å². The van der Waals surface area contributed by atoms with Crippen LogP contribution >= 0.6 is 9.39 Å². The monoisotopic (exact) mass is 228 g/mol. The molecule has 3 atom stereocenters. The van der Waals surface area contributed by atoms with Crippen molar-refractivity contribution in [3.8, 4) is 0 Å². The second kappa shape index (κ2) is 5.22. The molecule has 0 amide bonds. The van der Waals surface area contributed by atoms with E-state index in [1.165, 1.54) is 7.05 Å². The molecule has 0 rings (SSSR count). The molecule has 5 nitrogen and oxygen atoms in total. The highest BCUT2D eigenvalue weighted by Gasteiger charge is 2.19. The summed E-state index contributed by atoms with van der Waals surface area (Å²) in [5.41, 5.74) is 0. The van der Waals surface area contributed by atoms with E-state index in [2.05, 4.69) is 14.5 Å². The van der Waals surface area contributed by atoms with E-state index in [1.54, 1.807) is 6.92 Å². The average molecular weight is 228 g/mol. The van der Waals surface area contributed by atoms with Gasteiger partial charge in [0.1, 0.15) is 0 Å². The molecule has 0 aromatic heterocycles. The van der Waals surface area contributed by atoms with Crippen LogP contribution in [0, 0.1) is 0 Å². The average Bonchev–Trinajstić information content (AvgIpc) is 2.01. The highest BCUT2D eigenvalue weighted by atomic mass is 32.2. The zero-order chi connectivity index (χ0) is 10.6. The van der Waals surface area contributed by atoms with Gasteiger partial charge in [-0.25, -0.2) is 12.7 Å². The number of nitrogens with one attached hydrogen (secondary N) is 1. The van der Waals surface area contributed by atoms with Gasteiger partial charge in [-0.1, -0.05) is 9.39 Å². The number of nitrogens with zero attached hydrogens (tertiary/aromatic N) is 1. The molecular weight excluding hydrogens is 211 g/mol. The number of hydrogen-bond acceptors (Lipinski definition) is 4. The number of sulfonamides is 1. The van der Waals surface area contributed by atoms with Crippen LogP contribution in [0.15, 0.2) is 0 Å². The quantitative estimate of drug-likeness (QED) is 0.593. The Kier molecular flexibility index (Phi) is 5.32. The highest BCUT2D eigenvalue weighted by Crippen LogP contribution is 2.00. The molecule has 0 saturated heterocycles. The van der Waals surface area contributed by atoms with E-state index < -0.39 is 16.1 Å². The summed E-state index contributed by atoms with van der Waals surface area (Å²) in [6.07, 6.45) is 0.399. The highest BCUT2D eigenvalue weighted by molar-refractivity contribution is 7.88. The van der Waals surface area contributed by atoms with Gasteiger partial charge in [-0.05, 0) is 6.92 Å². The molecule has 2 unspecified atom stereocenters. The zero-order valence-electron chi connectivity index (χ0n) is 8.06. The van der Waals surface area contributed by atoms with Gasteiger partial charge in [0.25, 0.3) is 0 Å². The number of rotatable bonds is 5. The molecule has 0 spiro atoms. The lowest BCUT2D eigenvalue weighted by atomic mass is 10.2. The molecule has 0 aliphatic rings. The van der Waals surface area contributed by atoms with Gasteiger partial charge >= 0.3 is 0 Å². The van der Waals surface area contributed by atoms with Crippen molar-refractivity contribution in [3.05, 3.63) is 0 Å². The lowest BCUT2D eigenvalue weighted by Gasteiger charge is -2.22. The number of aliphatic hydroxyl groups excluding tert-OH is 1. The smallest absolute Gasteiger partial charge is 0.211 e. The third-order valence-corrected chi connectivity index (χ3v) is 3.66. The topological polar surface area (TPSA) is 69.6 Å². The molecule has 0 heterocycles. The summed E-state index contributed by atoms with van der Waals surface area (Å²) in [5.74, 6) is 0. The maximum Gasteiger partial charge on any atom is 0.211 e. The molecule has 0 aliphatic carbocycles. The van der Waals surface area contributed by atoms with E-state index in [9.17, 15) is 13.5 Å². The zero-order valence-corrected chi connectivity index (χ0v) is 10.0. The minimum absolute atomic E-state index is 0.0986. The molecule has 13 heavy (non-hydrogen) atoms. The Balaban J connectivity index is 4.14. The lowest BCUT2D eigenvalue weighted by Crippen LogP contribution is -2.42. The predicted octanol–water partition coefficient (Wildman–Crippen LogP) is -0.993. The molecule has 0 bridgehead atoms. The first-order chi connectivity index (χ1) is 5.79. The molecule has 0 radical (unpaired) electrons. The Labute approximate surface area is 81.8 Å². The SMILES string of the molecule is CC(NP)[C@H](O)CN(C)S(C)(=O)=O. The molecule has 80 valence electrons. The van der Waals surface area contributed by atoms with Crippen LogP contribution in [0.4, 0.5) is 0 Å². The normalized spacial score (nSPS) is 17.4. The van der Waals surface area contributed by atoms with Crippen LogP contribution in [0.25, 0.3) is 0 Å². The van der Waals surface area contributed by atoms with Gasteiger partial charge in [-0.3, -0.25) is 5.09 Å². The van der Waals surface area contributed by atoms with Crippen molar-refractivity contribution < 1.29 is 13.5 Å². The first kappa shape index (κ1) is 13.3. The molecule has 0 saturated carbocycles. The van der Waals surface area contributed by atoms with Gasteiger partial charge in [-0.2, -0.15) is 0 Å². The summed E-state index contributed by atoms with van der Waals surface area (Å²) in [4.78, 5) is 0. The van der Waals surface area contributed by atoms with Gasteiger partial charge in [-0.15, -0.1) is 0 Å².